The predicted molar refractivity (Wildman–Crippen MR) is 77.8 cm³/mol. The van der Waals surface area contributed by atoms with Crippen LogP contribution in [0.5, 0.6) is 0 Å². The number of carboxylic acid groups (broad SMARTS) is 1. The van der Waals surface area contributed by atoms with E-state index in [-0.39, 0.29) is 6.42 Å². The Labute approximate surface area is 118 Å². The SMILES string of the molecule is O=C(O)CCN(CCCn1ccnc1)c1ccccc1. The maximum Gasteiger partial charge on any atom is 0.305 e. The molecule has 0 radical (unpaired) electrons. The van der Waals surface area contributed by atoms with Crippen molar-refractivity contribution in [2.24, 2.45) is 0 Å². The number of aliphatic carboxylic acids is 1. The Balaban J connectivity index is 1.90. The fourth-order valence-corrected chi connectivity index (χ4v) is 2.10. The molecule has 0 spiro atoms. The van der Waals surface area contributed by atoms with Crippen LogP contribution in [0.4, 0.5) is 5.69 Å². The van der Waals surface area contributed by atoms with Crippen LogP contribution in [0.2, 0.25) is 0 Å². The first kappa shape index (κ1) is 14.1. The van der Waals surface area contributed by atoms with Gasteiger partial charge >= 0.3 is 5.97 Å². The molecule has 2 aromatic rings. The monoisotopic (exact) mass is 273 g/mol. The van der Waals surface area contributed by atoms with E-state index in [1.807, 2.05) is 41.1 Å². The van der Waals surface area contributed by atoms with Crippen LogP contribution in [-0.2, 0) is 11.3 Å². The molecule has 1 aromatic carbocycles. The van der Waals surface area contributed by atoms with Gasteiger partial charge in [-0.1, -0.05) is 18.2 Å². The summed E-state index contributed by atoms with van der Waals surface area (Å²) < 4.78 is 2.03. The van der Waals surface area contributed by atoms with Gasteiger partial charge in [0.1, 0.15) is 0 Å². The van der Waals surface area contributed by atoms with E-state index < -0.39 is 5.97 Å². The highest BCUT2D eigenvalue weighted by Gasteiger charge is 2.08. The number of aryl methyl sites for hydroxylation is 1. The first-order valence-electron chi connectivity index (χ1n) is 6.73. The molecule has 0 bridgehead atoms. The molecule has 0 aliphatic carbocycles. The Kier molecular flexibility index (Phi) is 5.17. The highest BCUT2D eigenvalue weighted by Crippen LogP contribution is 2.14. The minimum Gasteiger partial charge on any atom is -0.481 e. The molecule has 2 rings (SSSR count). The van der Waals surface area contributed by atoms with E-state index >= 15 is 0 Å². The number of carbonyl (C=O) groups is 1. The maximum atomic E-state index is 10.8. The highest BCUT2D eigenvalue weighted by atomic mass is 16.4. The average Bonchev–Trinajstić information content (AvgIpc) is 2.96. The fraction of sp³-hybridized carbons (Fsp3) is 0.333. The minimum atomic E-state index is -0.763. The Morgan fingerprint density at radius 3 is 2.70 bits per heavy atom. The fourth-order valence-electron chi connectivity index (χ4n) is 2.10. The molecule has 0 aliphatic rings. The zero-order chi connectivity index (χ0) is 14.2. The zero-order valence-corrected chi connectivity index (χ0v) is 11.4. The van der Waals surface area contributed by atoms with Crippen molar-refractivity contribution < 1.29 is 9.90 Å². The first-order valence-corrected chi connectivity index (χ1v) is 6.73. The molecule has 0 saturated carbocycles. The summed E-state index contributed by atoms with van der Waals surface area (Å²) >= 11 is 0. The Morgan fingerprint density at radius 1 is 1.25 bits per heavy atom. The summed E-state index contributed by atoms with van der Waals surface area (Å²) in [4.78, 5) is 16.9. The second kappa shape index (κ2) is 7.33. The van der Waals surface area contributed by atoms with Gasteiger partial charge in [0.05, 0.1) is 12.7 Å². The Bertz CT molecular complexity index is 511. The van der Waals surface area contributed by atoms with Crippen LogP contribution in [0.1, 0.15) is 12.8 Å². The first-order chi connectivity index (χ1) is 9.75. The van der Waals surface area contributed by atoms with Gasteiger partial charge in [-0.25, -0.2) is 4.98 Å². The van der Waals surface area contributed by atoms with Gasteiger partial charge < -0.3 is 14.6 Å². The number of para-hydroxylation sites is 1. The lowest BCUT2D eigenvalue weighted by Gasteiger charge is -2.24. The summed E-state index contributed by atoms with van der Waals surface area (Å²) in [5.41, 5.74) is 1.07. The van der Waals surface area contributed by atoms with E-state index in [4.69, 9.17) is 5.11 Å². The van der Waals surface area contributed by atoms with Gasteiger partial charge in [-0.2, -0.15) is 0 Å². The van der Waals surface area contributed by atoms with Gasteiger partial charge in [0.15, 0.2) is 0 Å². The van der Waals surface area contributed by atoms with E-state index in [2.05, 4.69) is 9.88 Å². The van der Waals surface area contributed by atoms with E-state index in [1.54, 1.807) is 12.5 Å². The third-order valence-electron chi connectivity index (χ3n) is 3.12. The van der Waals surface area contributed by atoms with E-state index in [0.29, 0.717) is 6.54 Å². The molecule has 5 nitrogen and oxygen atoms in total. The van der Waals surface area contributed by atoms with E-state index in [1.165, 1.54) is 0 Å². The molecular weight excluding hydrogens is 254 g/mol. The second-order valence-corrected chi connectivity index (χ2v) is 4.62. The van der Waals surface area contributed by atoms with Crippen LogP contribution in [0, 0.1) is 0 Å². The number of imidazole rings is 1. The molecule has 1 aromatic heterocycles. The standard InChI is InChI=1S/C15H19N3O2/c19-15(20)7-11-18(14-5-2-1-3-6-14)10-4-9-17-12-8-16-13-17/h1-3,5-6,8,12-13H,4,7,9-11H2,(H,19,20). The van der Waals surface area contributed by atoms with E-state index in [0.717, 1.165) is 25.2 Å². The van der Waals surface area contributed by atoms with Gasteiger partial charge in [-0.15, -0.1) is 0 Å². The van der Waals surface area contributed by atoms with Crippen LogP contribution < -0.4 is 4.90 Å². The van der Waals surface area contributed by atoms with Crippen molar-refractivity contribution in [2.45, 2.75) is 19.4 Å². The third kappa shape index (κ3) is 4.42. The average molecular weight is 273 g/mol. The van der Waals surface area contributed by atoms with Gasteiger partial charge in [0, 0.05) is 37.7 Å². The Hall–Kier alpha value is -2.30. The van der Waals surface area contributed by atoms with Crippen LogP contribution in [-0.4, -0.2) is 33.7 Å². The highest BCUT2D eigenvalue weighted by molar-refractivity contribution is 5.67. The molecule has 106 valence electrons. The molecule has 0 aliphatic heterocycles. The predicted octanol–water partition coefficient (Wildman–Crippen LogP) is 2.25. The number of aromatic nitrogens is 2. The van der Waals surface area contributed by atoms with Gasteiger partial charge in [-0.05, 0) is 18.6 Å². The lowest BCUT2D eigenvalue weighted by Crippen LogP contribution is -2.27. The largest absolute Gasteiger partial charge is 0.481 e. The summed E-state index contributed by atoms with van der Waals surface area (Å²) in [7, 11) is 0. The summed E-state index contributed by atoms with van der Waals surface area (Å²) in [6.07, 6.45) is 6.60. The van der Waals surface area contributed by atoms with E-state index in [9.17, 15) is 4.79 Å². The number of nitrogens with zero attached hydrogens (tertiary/aromatic N) is 3. The van der Waals surface area contributed by atoms with Crippen LogP contribution in [0.3, 0.4) is 0 Å². The maximum absolute atomic E-state index is 10.8. The van der Waals surface area contributed by atoms with Crippen molar-refractivity contribution in [1.29, 1.82) is 0 Å². The van der Waals surface area contributed by atoms with Crippen LogP contribution >= 0.6 is 0 Å². The quantitative estimate of drug-likeness (QED) is 0.801. The number of carboxylic acids is 1. The minimum absolute atomic E-state index is 0.153. The molecule has 0 unspecified atom stereocenters. The topological polar surface area (TPSA) is 58.4 Å². The summed E-state index contributed by atoms with van der Waals surface area (Å²) in [6, 6.07) is 9.93. The molecule has 1 heterocycles. The summed E-state index contributed by atoms with van der Waals surface area (Å²) in [6.45, 7) is 2.25. The van der Waals surface area contributed by atoms with Gasteiger partial charge in [0.25, 0.3) is 0 Å². The normalized spacial score (nSPS) is 10.4. The molecule has 20 heavy (non-hydrogen) atoms. The smallest absolute Gasteiger partial charge is 0.305 e. The summed E-state index contributed by atoms with van der Waals surface area (Å²) in [5, 5.41) is 8.85. The van der Waals surface area contributed by atoms with Gasteiger partial charge in [0.2, 0.25) is 0 Å². The van der Waals surface area contributed by atoms with Crippen molar-refractivity contribution in [3.63, 3.8) is 0 Å². The van der Waals surface area contributed by atoms with Crippen molar-refractivity contribution in [2.75, 3.05) is 18.0 Å². The van der Waals surface area contributed by atoms with Crippen molar-refractivity contribution in [3.8, 4) is 0 Å². The van der Waals surface area contributed by atoms with Crippen molar-refractivity contribution in [1.82, 2.24) is 9.55 Å². The number of hydrogen-bond acceptors (Lipinski definition) is 3. The second-order valence-electron chi connectivity index (χ2n) is 4.62. The lowest BCUT2D eigenvalue weighted by molar-refractivity contribution is -0.136. The Morgan fingerprint density at radius 2 is 2.05 bits per heavy atom. The van der Waals surface area contributed by atoms with Crippen molar-refractivity contribution in [3.05, 3.63) is 49.1 Å². The third-order valence-corrected chi connectivity index (χ3v) is 3.12. The number of rotatable bonds is 8. The van der Waals surface area contributed by atoms with Gasteiger partial charge in [-0.3, -0.25) is 4.79 Å². The molecule has 0 atom stereocenters. The van der Waals surface area contributed by atoms with Crippen LogP contribution in [0.25, 0.3) is 0 Å². The number of hydrogen-bond donors (Lipinski definition) is 1. The molecule has 0 fully saturated rings. The lowest BCUT2D eigenvalue weighted by atomic mass is 10.2. The molecule has 1 N–H and O–H groups in total. The molecule has 0 saturated heterocycles. The molecular formula is C15H19N3O2. The summed E-state index contributed by atoms with van der Waals surface area (Å²) in [5.74, 6) is -0.763. The number of benzene rings is 1. The molecule has 5 heteroatoms. The van der Waals surface area contributed by atoms with Crippen LogP contribution in [0.15, 0.2) is 49.1 Å². The number of anilines is 1. The molecule has 0 amide bonds. The zero-order valence-electron chi connectivity index (χ0n) is 11.4. The van der Waals surface area contributed by atoms with Crippen molar-refractivity contribution >= 4 is 11.7 Å².